The van der Waals surface area contributed by atoms with E-state index in [-0.39, 0.29) is 17.9 Å². The lowest BCUT2D eigenvalue weighted by Gasteiger charge is -2.35. The van der Waals surface area contributed by atoms with Gasteiger partial charge in [-0.15, -0.1) is 0 Å². The third kappa shape index (κ3) is 5.79. The molecule has 0 aliphatic heterocycles. The van der Waals surface area contributed by atoms with Crippen molar-refractivity contribution >= 4 is 34.8 Å². The fraction of sp³-hybridized carbons (Fsp3) is 0.440. The Morgan fingerprint density at radius 3 is 2.42 bits per heavy atom. The van der Waals surface area contributed by atoms with Gasteiger partial charge in [0.1, 0.15) is 0 Å². The van der Waals surface area contributed by atoms with Crippen molar-refractivity contribution in [2.45, 2.75) is 58.0 Å². The standard InChI is InChI=1S/C25H32ClN3O2/c1-4-24(30)27-19-14-15-23(28(2)3)18(16-19)17-29(20-10-6-5-7-11-20)25(31)21-12-8-9-13-22(21)26/h8-9,12-16,20H,4-7,10-11,17H2,1-3H3,(H,27,30). The first kappa shape index (κ1) is 23.1. The zero-order chi connectivity index (χ0) is 22.4. The van der Waals surface area contributed by atoms with Gasteiger partial charge >= 0.3 is 0 Å². The first-order valence-corrected chi connectivity index (χ1v) is 11.4. The Balaban J connectivity index is 1.98. The van der Waals surface area contributed by atoms with Crippen molar-refractivity contribution in [2.75, 3.05) is 24.3 Å². The Morgan fingerprint density at radius 2 is 1.77 bits per heavy atom. The molecule has 1 aliphatic rings. The maximum Gasteiger partial charge on any atom is 0.255 e. The van der Waals surface area contributed by atoms with Gasteiger partial charge in [-0.25, -0.2) is 0 Å². The van der Waals surface area contributed by atoms with Gasteiger partial charge in [0.2, 0.25) is 5.91 Å². The van der Waals surface area contributed by atoms with Crippen molar-refractivity contribution in [1.82, 2.24) is 4.90 Å². The highest BCUT2D eigenvalue weighted by molar-refractivity contribution is 6.33. The van der Waals surface area contributed by atoms with Gasteiger partial charge in [-0.2, -0.15) is 0 Å². The Morgan fingerprint density at radius 1 is 1.06 bits per heavy atom. The SMILES string of the molecule is CCC(=O)Nc1ccc(N(C)C)c(CN(C(=O)c2ccccc2Cl)C2CCCCC2)c1. The van der Waals surface area contributed by atoms with E-state index in [1.165, 1.54) is 6.42 Å². The second-order valence-electron chi connectivity index (χ2n) is 8.34. The molecule has 31 heavy (non-hydrogen) atoms. The van der Waals surface area contributed by atoms with E-state index in [4.69, 9.17) is 11.6 Å². The number of hydrogen-bond acceptors (Lipinski definition) is 3. The first-order chi connectivity index (χ1) is 14.9. The third-order valence-electron chi connectivity index (χ3n) is 5.89. The number of anilines is 2. The molecular weight excluding hydrogens is 410 g/mol. The van der Waals surface area contributed by atoms with Crippen LogP contribution in [0.4, 0.5) is 11.4 Å². The van der Waals surface area contributed by atoms with Crippen LogP contribution in [0.3, 0.4) is 0 Å². The van der Waals surface area contributed by atoms with Gasteiger partial charge in [-0.05, 0) is 48.7 Å². The summed E-state index contributed by atoms with van der Waals surface area (Å²) in [7, 11) is 3.98. The summed E-state index contributed by atoms with van der Waals surface area (Å²) in [6.45, 7) is 2.30. The number of hydrogen-bond donors (Lipinski definition) is 1. The van der Waals surface area contributed by atoms with Crippen molar-refractivity contribution in [2.24, 2.45) is 0 Å². The molecule has 1 N–H and O–H groups in total. The van der Waals surface area contributed by atoms with Crippen LogP contribution in [-0.4, -0.2) is 36.9 Å². The molecule has 0 aromatic heterocycles. The number of rotatable bonds is 7. The van der Waals surface area contributed by atoms with Crippen molar-refractivity contribution < 1.29 is 9.59 Å². The van der Waals surface area contributed by atoms with Crippen LogP contribution in [0.2, 0.25) is 5.02 Å². The molecule has 0 heterocycles. The number of amides is 2. The summed E-state index contributed by atoms with van der Waals surface area (Å²) in [6.07, 6.45) is 5.89. The first-order valence-electron chi connectivity index (χ1n) is 11.1. The smallest absolute Gasteiger partial charge is 0.255 e. The van der Waals surface area contributed by atoms with Crippen molar-refractivity contribution in [3.8, 4) is 0 Å². The zero-order valence-corrected chi connectivity index (χ0v) is 19.4. The summed E-state index contributed by atoms with van der Waals surface area (Å²) < 4.78 is 0. The lowest BCUT2D eigenvalue weighted by Crippen LogP contribution is -2.41. The van der Waals surface area contributed by atoms with Gasteiger partial charge in [-0.1, -0.05) is 49.9 Å². The van der Waals surface area contributed by atoms with Crippen LogP contribution in [0.15, 0.2) is 42.5 Å². The quantitative estimate of drug-likeness (QED) is 0.596. The lowest BCUT2D eigenvalue weighted by atomic mass is 9.93. The Labute approximate surface area is 190 Å². The number of nitrogens with zero attached hydrogens (tertiary/aromatic N) is 2. The summed E-state index contributed by atoms with van der Waals surface area (Å²) in [5.41, 5.74) is 3.32. The Kier molecular flexibility index (Phi) is 7.97. The van der Waals surface area contributed by atoms with Gasteiger partial charge < -0.3 is 15.1 Å². The van der Waals surface area contributed by atoms with Gasteiger partial charge in [-0.3, -0.25) is 9.59 Å². The molecular formula is C25H32ClN3O2. The summed E-state index contributed by atoms with van der Waals surface area (Å²) in [6, 6.07) is 13.3. The van der Waals surface area contributed by atoms with Gasteiger partial charge in [0, 0.05) is 44.5 Å². The predicted molar refractivity (Wildman–Crippen MR) is 128 cm³/mol. The number of halogens is 1. The number of benzene rings is 2. The van der Waals surface area contributed by atoms with E-state index >= 15 is 0 Å². The van der Waals surface area contributed by atoms with E-state index in [0.717, 1.165) is 42.6 Å². The van der Waals surface area contributed by atoms with Gasteiger partial charge in [0.15, 0.2) is 0 Å². The van der Waals surface area contributed by atoms with Gasteiger partial charge in [0.05, 0.1) is 10.6 Å². The molecule has 1 saturated carbocycles. The zero-order valence-electron chi connectivity index (χ0n) is 18.7. The Hall–Kier alpha value is -2.53. The number of carbonyl (C=O) groups excluding carboxylic acids is 2. The molecule has 3 rings (SSSR count). The van der Waals surface area contributed by atoms with Crippen LogP contribution in [0.25, 0.3) is 0 Å². The molecule has 0 spiro atoms. The molecule has 166 valence electrons. The monoisotopic (exact) mass is 441 g/mol. The molecule has 0 atom stereocenters. The fourth-order valence-electron chi connectivity index (χ4n) is 4.21. The topological polar surface area (TPSA) is 52.7 Å². The van der Waals surface area contributed by atoms with Crippen molar-refractivity contribution in [1.29, 1.82) is 0 Å². The maximum absolute atomic E-state index is 13.6. The third-order valence-corrected chi connectivity index (χ3v) is 6.22. The second kappa shape index (κ2) is 10.7. The molecule has 2 aromatic rings. The van der Waals surface area contributed by atoms with E-state index in [9.17, 15) is 9.59 Å². The minimum Gasteiger partial charge on any atom is -0.377 e. The molecule has 6 heteroatoms. The summed E-state index contributed by atoms with van der Waals surface area (Å²) >= 11 is 6.38. The normalized spacial score (nSPS) is 14.2. The van der Waals surface area contributed by atoms with Crippen LogP contribution in [-0.2, 0) is 11.3 Å². The van der Waals surface area contributed by atoms with E-state index in [2.05, 4.69) is 5.32 Å². The average molecular weight is 442 g/mol. The average Bonchev–Trinajstić information content (AvgIpc) is 2.77. The van der Waals surface area contributed by atoms with E-state index in [1.807, 2.05) is 61.2 Å². The number of nitrogens with one attached hydrogen (secondary N) is 1. The van der Waals surface area contributed by atoms with E-state index in [1.54, 1.807) is 12.1 Å². The summed E-state index contributed by atoms with van der Waals surface area (Å²) in [4.78, 5) is 29.6. The van der Waals surface area contributed by atoms with Crippen LogP contribution < -0.4 is 10.2 Å². The molecule has 2 amide bonds. The molecule has 2 aromatic carbocycles. The molecule has 0 unspecified atom stereocenters. The van der Waals surface area contributed by atoms with Crippen LogP contribution in [0, 0.1) is 0 Å². The maximum atomic E-state index is 13.6. The minimum absolute atomic E-state index is 0.0279. The highest BCUT2D eigenvalue weighted by Gasteiger charge is 2.28. The molecule has 5 nitrogen and oxygen atoms in total. The molecule has 0 bridgehead atoms. The minimum atomic E-state index is -0.0368. The van der Waals surface area contributed by atoms with Gasteiger partial charge in [0.25, 0.3) is 5.91 Å². The molecule has 1 aliphatic carbocycles. The van der Waals surface area contributed by atoms with Crippen LogP contribution in [0.1, 0.15) is 61.4 Å². The second-order valence-corrected chi connectivity index (χ2v) is 8.75. The van der Waals surface area contributed by atoms with E-state index < -0.39 is 0 Å². The Bertz CT molecular complexity index is 923. The van der Waals surface area contributed by atoms with Crippen LogP contribution in [0.5, 0.6) is 0 Å². The van der Waals surface area contributed by atoms with Crippen molar-refractivity contribution in [3.05, 3.63) is 58.6 Å². The molecule has 0 radical (unpaired) electrons. The largest absolute Gasteiger partial charge is 0.377 e. The van der Waals surface area contributed by atoms with Crippen molar-refractivity contribution in [3.63, 3.8) is 0 Å². The lowest BCUT2D eigenvalue weighted by molar-refractivity contribution is -0.115. The highest BCUT2D eigenvalue weighted by Crippen LogP contribution is 2.31. The van der Waals surface area contributed by atoms with Crippen LogP contribution >= 0.6 is 11.6 Å². The highest BCUT2D eigenvalue weighted by atomic mass is 35.5. The number of carbonyl (C=O) groups is 2. The molecule has 0 saturated heterocycles. The predicted octanol–water partition coefficient (Wildman–Crippen LogP) is 5.73. The summed E-state index contributed by atoms with van der Waals surface area (Å²) in [5, 5.41) is 3.42. The fourth-order valence-corrected chi connectivity index (χ4v) is 4.42. The van der Waals surface area contributed by atoms with E-state index in [0.29, 0.717) is 23.6 Å². The molecule has 1 fully saturated rings. The summed E-state index contributed by atoms with van der Waals surface area (Å²) in [5.74, 6) is -0.0648.